The summed E-state index contributed by atoms with van der Waals surface area (Å²) in [5.41, 5.74) is 1.59. The minimum absolute atomic E-state index is 0.0685. The van der Waals surface area contributed by atoms with Crippen LogP contribution in [0.5, 0.6) is 0 Å². The number of hydrogen-bond acceptors (Lipinski definition) is 5. The molecule has 0 aliphatic carbocycles. The summed E-state index contributed by atoms with van der Waals surface area (Å²) in [5, 5.41) is 16.7. The lowest BCUT2D eigenvalue weighted by molar-refractivity contribution is 0.00551. The average molecular weight is 283 g/mol. The molecule has 108 valence electrons. The van der Waals surface area contributed by atoms with Gasteiger partial charge < -0.3 is 10.1 Å². The van der Waals surface area contributed by atoms with Gasteiger partial charge in [-0.25, -0.2) is 4.98 Å². The molecule has 1 aliphatic rings. The van der Waals surface area contributed by atoms with Crippen LogP contribution in [0, 0.1) is 11.3 Å². The highest BCUT2D eigenvalue weighted by atomic mass is 16.5. The monoisotopic (exact) mass is 283 g/mol. The zero-order chi connectivity index (χ0) is 14.7. The molecule has 21 heavy (non-hydrogen) atoms. The summed E-state index contributed by atoms with van der Waals surface area (Å²) in [5.74, 6) is 0.615. The SMILES string of the molecule is Cn1cc([C@H]2OCCC[C@@H]2Nc2ncccc2C#N)cn1. The van der Waals surface area contributed by atoms with Crippen molar-refractivity contribution in [3.05, 3.63) is 41.9 Å². The van der Waals surface area contributed by atoms with E-state index in [1.165, 1.54) is 0 Å². The van der Waals surface area contributed by atoms with Gasteiger partial charge in [-0.2, -0.15) is 10.4 Å². The average Bonchev–Trinajstić information content (AvgIpc) is 2.95. The molecule has 1 aliphatic heterocycles. The fourth-order valence-corrected chi connectivity index (χ4v) is 2.63. The molecular weight excluding hydrogens is 266 g/mol. The van der Waals surface area contributed by atoms with Crippen molar-refractivity contribution in [1.82, 2.24) is 14.8 Å². The van der Waals surface area contributed by atoms with Crippen molar-refractivity contribution in [2.45, 2.75) is 25.0 Å². The third-order valence-electron chi connectivity index (χ3n) is 3.63. The van der Waals surface area contributed by atoms with Gasteiger partial charge in [0.05, 0.1) is 17.8 Å². The second-order valence-corrected chi connectivity index (χ2v) is 5.14. The quantitative estimate of drug-likeness (QED) is 0.932. The number of nitrogens with zero attached hydrogens (tertiary/aromatic N) is 4. The minimum Gasteiger partial charge on any atom is -0.371 e. The lowest BCUT2D eigenvalue weighted by Crippen LogP contribution is -2.34. The molecule has 1 fully saturated rings. The summed E-state index contributed by atoms with van der Waals surface area (Å²) >= 11 is 0. The Kier molecular flexibility index (Phi) is 3.84. The van der Waals surface area contributed by atoms with Gasteiger partial charge in [0.2, 0.25) is 0 Å². The Morgan fingerprint density at radius 2 is 2.43 bits per heavy atom. The normalized spacial score (nSPS) is 21.7. The summed E-state index contributed by atoms with van der Waals surface area (Å²) in [4.78, 5) is 4.27. The fraction of sp³-hybridized carbons (Fsp3) is 0.400. The largest absolute Gasteiger partial charge is 0.371 e. The first-order valence-corrected chi connectivity index (χ1v) is 7.00. The number of pyridine rings is 1. The molecule has 0 aromatic carbocycles. The van der Waals surface area contributed by atoms with E-state index >= 15 is 0 Å². The predicted octanol–water partition coefficient (Wildman–Crippen LogP) is 2.02. The van der Waals surface area contributed by atoms with Crippen molar-refractivity contribution in [3.63, 3.8) is 0 Å². The van der Waals surface area contributed by atoms with E-state index < -0.39 is 0 Å². The lowest BCUT2D eigenvalue weighted by Gasteiger charge is -2.32. The number of hydrogen-bond donors (Lipinski definition) is 1. The van der Waals surface area contributed by atoms with Crippen LogP contribution in [0.15, 0.2) is 30.7 Å². The predicted molar refractivity (Wildman–Crippen MR) is 77.5 cm³/mol. The zero-order valence-corrected chi connectivity index (χ0v) is 11.9. The molecule has 0 bridgehead atoms. The van der Waals surface area contributed by atoms with Crippen LogP contribution in [0.1, 0.15) is 30.1 Å². The standard InChI is InChI=1S/C15H17N5O/c1-20-10-12(9-18-20)14-13(5-3-7-21-14)19-15-11(8-16)4-2-6-17-15/h2,4,6,9-10,13-14H,3,5,7H2,1H3,(H,17,19)/t13-,14+/m0/s1. The topological polar surface area (TPSA) is 75.8 Å². The second kappa shape index (κ2) is 5.94. The molecule has 3 heterocycles. The summed E-state index contributed by atoms with van der Waals surface area (Å²) < 4.78 is 7.68. The van der Waals surface area contributed by atoms with Crippen molar-refractivity contribution in [1.29, 1.82) is 5.26 Å². The van der Waals surface area contributed by atoms with Gasteiger partial charge in [-0.1, -0.05) is 0 Å². The number of anilines is 1. The molecule has 0 spiro atoms. The Morgan fingerprint density at radius 3 is 3.19 bits per heavy atom. The molecule has 0 saturated carbocycles. The van der Waals surface area contributed by atoms with Crippen LogP contribution >= 0.6 is 0 Å². The molecule has 0 unspecified atom stereocenters. The third-order valence-corrected chi connectivity index (χ3v) is 3.63. The molecule has 1 saturated heterocycles. The Morgan fingerprint density at radius 1 is 1.52 bits per heavy atom. The van der Waals surface area contributed by atoms with Crippen LogP contribution in [0.4, 0.5) is 5.82 Å². The van der Waals surface area contributed by atoms with Crippen LogP contribution < -0.4 is 5.32 Å². The highest BCUT2D eigenvalue weighted by Gasteiger charge is 2.29. The number of nitrogens with one attached hydrogen (secondary N) is 1. The van der Waals surface area contributed by atoms with Crippen molar-refractivity contribution >= 4 is 5.82 Å². The Labute approximate surface area is 123 Å². The first kappa shape index (κ1) is 13.6. The van der Waals surface area contributed by atoms with Gasteiger partial charge >= 0.3 is 0 Å². The van der Waals surface area contributed by atoms with Crippen LogP contribution in [-0.2, 0) is 11.8 Å². The number of nitriles is 1. The van der Waals surface area contributed by atoms with E-state index in [1.807, 2.05) is 19.4 Å². The highest BCUT2D eigenvalue weighted by Crippen LogP contribution is 2.30. The van der Waals surface area contributed by atoms with E-state index in [2.05, 4.69) is 21.5 Å². The number of rotatable bonds is 3. The van der Waals surface area contributed by atoms with Crippen molar-refractivity contribution in [2.75, 3.05) is 11.9 Å². The van der Waals surface area contributed by atoms with Gasteiger partial charge in [-0.05, 0) is 25.0 Å². The molecular formula is C15H17N5O. The summed E-state index contributed by atoms with van der Waals surface area (Å²) in [6.07, 6.45) is 7.37. The Bertz CT molecular complexity index is 660. The molecule has 6 nitrogen and oxygen atoms in total. The van der Waals surface area contributed by atoms with Crippen molar-refractivity contribution in [2.24, 2.45) is 7.05 Å². The zero-order valence-electron chi connectivity index (χ0n) is 11.9. The van der Waals surface area contributed by atoms with Gasteiger partial charge in [0, 0.05) is 31.6 Å². The first-order valence-electron chi connectivity index (χ1n) is 7.00. The third kappa shape index (κ3) is 2.88. The van der Waals surface area contributed by atoms with E-state index in [-0.39, 0.29) is 12.1 Å². The Hall–Kier alpha value is -2.39. The smallest absolute Gasteiger partial charge is 0.144 e. The highest BCUT2D eigenvalue weighted by molar-refractivity contribution is 5.52. The molecule has 2 aromatic rings. The molecule has 1 N–H and O–H groups in total. The van der Waals surface area contributed by atoms with Crippen LogP contribution in [0.3, 0.4) is 0 Å². The van der Waals surface area contributed by atoms with E-state index in [0.717, 1.165) is 25.0 Å². The molecule has 0 amide bonds. The molecule has 0 radical (unpaired) electrons. The molecule has 6 heteroatoms. The minimum atomic E-state index is -0.0685. The molecule has 3 rings (SSSR count). The molecule has 2 atom stereocenters. The number of aryl methyl sites for hydroxylation is 1. The van der Waals surface area contributed by atoms with E-state index in [1.54, 1.807) is 23.0 Å². The van der Waals surface area contributed by atoms with Gasteiger partial charge in [0.1, 0.15) is 18.0 Å². The number of aromatic nitrogens is 3. The Balaban J connectivity index is 1.83. The van der Waals surface area contributed by atoms with Gasteiger partial charge in [-0.15, -0.1) is 0 Å². The maximum atomic E-state index is 9.16. The lowest BCUT2D eigenvalue weighted by atomic mass is 9.98. The van der Waals surface area contributed by atoms with Crippen LogP contribution in [-0.4, -0.2) is 27.4 Å². The van der Waals surface area contributed by atoms with Crippen molar-refractivity contribution in [3.8, 4) is 6.07 Å². The van der Waals surface area contributed by atoms with Gasteiger partial charge in [0.25, 0.3) is 0 Å². The summed E-state index contributed by atoms with van der Waals surface area (Å²) in [6.45, 7) is 0.741. The van der Waals surface area contributed by atoms with E-state index in [4.69, 9.17) is 10.00 Å². The van der Waals surface area contributed by atoms with Gasteiger partial charge in [0.15, 0.2) is 0 Å². The van der Waals surface area contributed by atoms with Gasteiger partial charge in [-0.3, -0.25) is 4.68 Å². The van der Waals surface area contributed by atoms with E-state index in [0.29, 0.717) is 11.4 Å². The maximum Gasteiger partial charge on any atom is 0.144 e. The second-order valence-electron chi connectivity index (χ2n) is 5.14. The van der Waals surface area contributed by atoms with Crippen molar-refractivity contribution < 1.29 is 4.74 Å². The maximum absolute atomic E-state index is 9.16. The number of ether oxygens (including phenoxy) is 1. The summed E-state index contributed by atoms with van der Waals surface area (Å²) in [6, 6.07) is 5.78. The summed E-state index contributed by atoms with van der Waals surface area (Å²) in [7, 11) is 1.89. The first-order chi connectivity index (χ1) is 10.3. The molecule has 2 aromatic heterocycles. The van der Waals surface area contributed by atoms with Crippen LogP contribution in [0.25, 0.3) is 0 Å². The van der Waals surface area contributed by atoms with Crippen LogP contribution in [0.2, 0.25) is 0 Å². The van der Waals surface area contributed by atoms with E-state index in [9.17, 15) is 0 Å². The fourth-order valence-electron chi connectivity index (χ4n) is 2.63.